The van der Waals surface area contributed by atoms with E-state index in [1.807, 2.05) is 33.8 Å². The molecule has 0 aliphatic carbocycles. The van der Waals surface area contributed by atoms with Crippen LogP contribution in [-0.2, 0) is 0 Å². The highest BCUT2D eigenvalue weighted by atomic mass is 16.5. The molecular weight excluding hydrogens is 344 g/mol. The summed E-state index contributed by atoms with van der Waals surface area (Å²) in [4.78, 5) is 4.82. The number of benzene rings is 1. The molecule has 1 rings (SSSR count). The summed E-state index contributed by atoms with van der Waals surface area (Å²) in [5.74, 6) is 2.15. The van der Waals surface area contributed by atoms with Crippen LogP contribution < -0.4 is 10.1 Å². The largest absolute Gasteiger partial charge is 0.496 e. The average Bonchev–Trinajstić information content (AvgIpc) is 2.64. The van der Waals surface area contributed by atoms with Crippen LogP contribution in [0.2, 0.25) is 0 Å². The highest BCUT2D eigenvalue weighted by molar-refractivity contribution is 5.95. The molecule has 0 radical (unpaired) electrons. The predicted molar refractivity (Wildman–Crippen MR) is 125 cm³/mol. The number of amidine groups is 1. The van der Waals surface area contributed by atoms with Crippen molar-refractivity contribution >= 4 is 11.5 Å². The van der Waals surface area contributed by atoms with E-state index in [9.17, 15) is 0 Å². The SMILES string of the molecule is C=C(C)\C(C)=C/C(=C\C)C(=C/C)/N=C(C)Nc1cc(C(C)C)c(OC)cc1C. The zero-order valence-corrected chi connectivity index (χ0v) is 19.0. The highest BCUT2D eigenvalue weighted by Gasteiger charge is 2.12. The van der Waals surface area contributed by atoms with Crippen LogP contribution in [-0.4, -0.2) is 12.9 Å². The molecule has 3 heteroatoms. The van der Waals surface area contributed by atoms with Crippen molar-refractivity contribution in [2.45, 2.75) is 61.3 Å². The van der Waals surface area contributed by atoms with E-state index in [1.165, 1.54) is 5.56 Å². The number of allylic oxidation sites excluding steroid dienone is 5. The monoisotopic (exact) mass is 380 g/mol. The normalized spacial score (nSPS) is 13.8. The minimum atomic E-state index is 0.379. The summed E-state index contributed by atoms with van der Waals surface area (Å²) in [6.07, 6.45) is 6.24. The smallest absolute Gasteiger partial charge is 0.122 e. The van der Waals surface area contributed by atoms with Crippen LogP contribution in [0.3, 0.4) is 0 Å². The quantitative estimate of drug-likeness (QED) is 0.305. The molecule has 0 amide bonds. The van der Waals surface area contributed by atoms with Gasteiger partial charge in [-0.05, 0) is 87.9 Å². The lowest BCUT2D eigenvalue weighted by atomic mass is 9.99. The van der Waals surface area contributed by atoms with Crippen molar-refractivity contribution in [1.29, 1.82) is 0 Å². The van der Waals surface area contributed by atoms with Gasteiger partial charge in [-0.15, -0.1) is 0 Å². The predicted octanol–water partition coefficient (Wildman–Crippen LogP) is 7.33. The first kappa shape index (κ1) is 23.5. The summed E-state index contributed by atoms with van der Waals surface area (Å²) in [5, 5.41) is 3.46. The lowest BCUT2D eigenvalue weighted by Gasteiger charge is -2.17. The van der Waals surface area contributed by atoms with E-state index in [0.717, 1.165) is 45.3 Å². The average molecular weight is 381 g/mol. The Hall–Kier alpha value is -2.55. The molecule has 0 saturated heterocycles. The second-order valence-corrected chi connectivity index (χ2v) is 7.41. The number of ether oxygens (including phenoxy) is 1. The van der Waals surface area contributed by atoms with E-state index in [0.29, 0.717) is 5.92 Å². The van der Waals surface area contributed by atoms with Crippen LogP contribution in [0.1, 0.15) is 65.5 Å². The fourth-order valence-electron chi connectivity index (χ4n) is 2.82. The Kier molecular flexibility index (Phi) is 8.98. The summed E-state index contributed by atoms with van der Waals surface area (Å²) in [7, 11) is 1.72. The van der Waals surface area contributed by atoms with Crippen LogP contribution in [0.4, 0.5) is 5.69 Å². The lowest BCUT2D eigenvalue weighted by molar-refractivity contribution is 0.407. The minimum Gasteiger partial charge on any atom is -0.496 e. The van der Waals surface area contributed by atoms with Crippen molar-refractivity contribution in [3.05, 3.63) is 70.5 Å². The Morgan fingerprint density at radius 1 is 1.14 bits per heavy atom. The molecule has 0 fully saturated rings. The molecule has 1 aromatic rings. The molecule has 1 aromatic carbocycles. The summed E-state index contributed by atoms with van der Waals surface area (Å²) >= 11 is 0. The van der Waals surface area contributed by atoms with Crippen molar-refractivity contribution in [3.8, 4) is 5.75 Å². The van der Waals surface area contributed by atoms with E-state index in [2.05, 4.69) is 63.9 Å². The van der Waals surface area contributed by atoms with Gasteiger partial charge in [0.2, 0.25) is 0 Å². The summed E-state index contributed by atoms with van der Waals surface area (Å²) in [6, 6.07) is 4.24. The van der Waals surface area contributed by atoms with E-state index in [-0.39, 0.29) is 0 Å². The molecule has 1 N–H and O–H groups in total. The fourth-order valence-corrected chi connectivity index (χ4v) is 2.82. The molecule has 0 spiro atoms. The number of hydrogen-bond donors (Lipinski definition) is 1. The van der Waals surface area contributed by atoms with Gasteiger partial charge in [0.1, 0.15) is 11.6 Å². The van der Waals surface area contributed by atoms with E-state index < -0.39 is 0 Å². The number of hydrogen-bond acceptors (Lipinski definition) is 2. The first-order valence-corrected chi connectivity index (χ1v) is 9.82. The van der Waals surface area contributed by atoms with Crippen LogP contribution in [0, 0.1) is 6.92 Å². The number of aliphatic imine (C=N–C) groups is 1. The zero-order valence-electron chi connectivity index (χ0n) is 19.0. The van der Waals surface area contributed by atoms with Crippen LogP contribution in [0.5, 0.6) is 5.75 Å². The number of aryl methyl sites for hydroxylation is 1. The lowest BCUT2D eigenvalue weighted by Crippen LogP contribution is -2.10. The summed E-state index contributed by atoms with van der Waals surface area (Å²) < 4.78 is 5.54. The number of nitrogens with one attached hydrogen (secondary N) is 1. The topological polar surface area (TPSA) is 33.6 Å². The summed E-state index contributed by atoms with van der Waals surface area (Å²) in [6.45, 7) is 20.6. The fraction of sp³-hybridized carbons (Fsp3) is 0.400. The van der Waals surface area contributed by atoms with Crippen molar-refractivity contribution in [1.82, 2.24) is 0 Å². The number of rotatable bonds is 7. The van der Waals surface area contributed by atoms with E-state index in [4.69, 9.17) is 9.73 Å². The van der Waals surface area contributed by atoms with Crippen LogP contribution in [0.15, 0.2) is 64.3 Å². The Labute approximate surface area is 171 Å². The first-order valence-electron chi connectivity index (χ1n) is 9.82. The van der Waals surface area contributed by atoms with Crippen molar-refractivity contribution in [2.24, 2.45) is 4.99 Å². The van der Waals surface area contributed by atoms with Crippen molar-refractivity contribution in [2.75, 3.05) is 12.4 Å². The van der Waals surface area contributed by atoms with Gasteiger partial charge in [-0.1, -0.05) is 38.2 Å². The molecule has 3 nitrogen and oxygen atoms in total. The van der Waals surface area contributed by atoms with Gasteiger partial charge in [-0.2, -0.15) is 0 Å². The van der Waals surface area contributed by atoms with Gasteiger partial charge in [-0.25, -0.2) is 4.99 Å². The van der Waals surface area contributed by atoms with Gasteiger partial charge in [-0.3, -0.25) is 0 Å². The van der Waals surface area contributed by atoms with Crippen molar-refractivity contribution < 1.29 is 4.74 Å². The molecule has 28 heavy (non-hydrogen) atoms. The number of anilines is 1. The van der Waals surface area contributed by atoms with Gasteiger partial charge >= 0.3 is 0 Å². The van der Waals surface area contributed by atoms with E-state index in [1.54, 1.807) is 7.11 Å². The Morgan fingerprint density at radius 2 is 1.79 bits per heavy atom. The van der Waals surface area contributed by atoms with Gasteiger partial charge in [0.05, 0.1) is 12.8 Å². The Balaban J connectivity index is 3.22. The maximum absolute atomic E-state index is 5.54. The molecule has 0 heterocycles. The third kappa shape index (κ3) is 6.26. The third-order valence-corrected chi connectivity index (χ3v) is 4.73. The van der Waals surface area contributed by atoms with Gasteiger partial charge in [0.15, 0.2) is 0 Å². The second-order valence-electron chi connectivity index (χ2n) is 7.41. The molecule has 0 unspecified atom stereocenters. The number of methoxy groups -OCH3 is 1. The molecule has 152 valence electrons. The van der Waals surface area contributed by atoms with Gasteiger partial charge in [0.25, 0.3) is 0 Å². The maximum atomic E-state index is 5.54. The zero-order chi connectivity index (χ0) is 21.4. The second kappa shape index (κ2) is 10.7. The molecule has 0 atom stereocenters. The third-order valence-electron chi connectivity index (χ3n) is 4.73. The maximum Gasteiger partial charge on any atom is 0.122 e. The molecule has 0 aliphatic rings. The Morgan fingerprint density at radius 3 is 2.25 bits per heavy atom. The standard InChI is InChI=1S/C25H36N2O/c1-11-21(13-18(7)16(3)4)23(12-2)26-20(9)27-24-15-22(17(5)6)25(28-10)14-19(24)8/h11-15,17H,3H2,1-2,4-10H3,(H,26,27)/b18-13-,21-11+,23-12-. The molecular formula is C25H36N2O. The van der Waals surface area contributed by atoms with Gasteiger partial charge in [0, 0.05) is 5.69 Å². The summed E-state index contributed by atoms with van der Waals surface area (Å²) in [5.41, 5.74) is 7.59. The minimum absolute atomic E-state index is 0.379. The van der Waals surface area contributed by atoms with Crippen LogP contribution >= 0.6 is 0 Å². The molecule has 0 saturated carbocycles. The number of nitrogens with zero attached hydrogens (tertiary/aromatic N) is 1. The first-order chi connectivity index (χ1) is 13.1. The van der Waals surface area contributed by atoms with Gasteiger partial charge < -0.3 is 10.1 Å². The molecule has 0 aliphatic heterocycles. The van der Waals surface area contributed by atoms with E-state index >= 15 is 0 Å². The van der Waals surface area contributed by atoms with Crippen molar-refractivity contribution in [3.63, 3.8) is 0 Å². The highest BCUT2D eigenvalue weighted by Crippen LogP contribution is 2.32. The van der Waals surface area contributed by atoms with Crippen LogP contribution in [0.25, 0.3) is 0 Å². The molecule has 0 bridgehead atoms. The molecule has 0 aromatic heterocycles. The Bertz CT molecular complexity index is 836.